The Morgan fingerprint density at radius 1 is 1.31 bits per heavy atom. The van der Waals surface area contributed by atoms with Gasteiger partial charge in [0.25, 0.3) is 6.43 Å². The number of nitrogens with zero attached hydrogens (tertiary/aromatic N) is 4. The van der Waals surface area contributed by atoms with E-state index in [1.165, 1.54) is 0 Å². The molecule has 10 heteroatoms. The summed E-state index contributed by atoms with van der Waals surface area (Å²) < 4.78 is 33.8. The van der Waals surface area contributed by atoms with Gasteiger partial charge in [-0.3, -0.25) is 14.2 Å². The van der Waals surface area contributed by atoms with Gasteiger partial charge in [0.05, 0.1) is 19.7 Å². The second-order valence-corrected chi connectivity index (χ2v) is 8.88. The van der Waals surface area contributed by atoms with Gasteiger partial charge in [0.15, 0.2) is 0 Å². The van der Waals surface area contributed by atoms with E-state index < -0.39 is 12.4 Å². The second-order valence-electron chi connectivity index (χ2n) is 8.88. The molecule has 1 unspecified atom stereocenters. The van der Waals surface area contributed by atoms with Crippen molar-refractivity contribution in [2.75, 3.05) is 33.3 Å². The van der Waals surface area contributed by atoms with Gasteiger partial charge < -0.3 is 14.8 Å². The van der Waals surface area contributed by atoms with Crippen LogP contribution in [0.5, 0.6) is 5.75 Å². The smallest absolute Gasteiger partial charge is 0.352 e. The van der Waals surface area contributed by atoms with Crippen molar-refractivity contribution in [1.82, 2.24) is 24.2 Å². The predicted molar refractivity (Wildman–Crippen MR) is 127 cm³/mol. The zero-order valence-electron chi connectivity index (χ0n) is 19.5. The number of carboxylic acid groups (broad SMARTS) is 1. The molecule has 1 aliphatic heterocycles. The molecule has 5 rings (SSSR count). The van der Waals surface area contributed by atoms with Crippen LogP contribution in [-0.2, 0) is 6.54 Å². The molecule has 0 radical (unpaired) electrons. The lowest BCUT2D eigenvalue weighted by atomic mass is 9.99. The minimum Gasteiger partial charge on any atom is -0.496 e. The molecule has 0 saturated carbocycles. The number of aryl methyl sites for hydroxylation is 1. The summed E-state index contributed by atoms with van der Waals surface area (Å²) in [7, 11) is 1.65. The number of pyridine rings is 1. The molecule has 184 valence electrons. The molecule has 1 atom stereocenters. The maximum atomic E-state index is 13.3. The normalized spacial score (nSPS) is 17.6. The number of benzene rings is 1. The molecule has 1 saturated heterocycles. The Labute approximate surface area is 200 Å². The first-order chi connectivity index (χ1) is 16.9. The third kappa shape index (κ3) is 4.23. The van der Waals surface area contributed by atoms with Crippen LogP contribution in [0.4, 0.5) is 8.78 Å². The number of aromatic amines is 1. The van der Waals surface area contributed by atoms with Gasteiger partial charge in [0.2, 0.25) is 0 Å². The van der Waals surface area contributed by atoms with Gasteiger partial charge >= 0.3 is 5.97 Å². The standard InChI is InChI=1S/C25H27F2N5O3/c1-15-11-21(35-2)18(16-5-6-28-23(15)16)12-31-10-9-30(14-22(26)27)13-20(31)17-3-4-19(25(33)34)32-8-7-29-24(17)32/h3-8,11,20,22,28H,9-10,12-14H2,1-2H3,(H,33,34). The number of rotatable bonds is 7. The summed E-state index contributed by atoms with van der Waals surface area (Å²) >= 11 is 0. The Bertz CT molecular complexity index is 1380. The first-order valence-electron chi connectivity index (χ1n) is 11.4. The maximum Gasteiger partial charge on any atom is 0.352 e. The number of nitrogens with one attached hydrogen (secondary N) is 1. The summed E-state index contributed by atoms with van der Waals surface area (Å²) in [5.41, 5.74) is 4.55. The van der Waals surface area contributed by atoms with E-state index in [9.17, 15) is 18.7 Å². The van der Waals surface area contributed by atoms with E-state index in [-0.39, 0.29) is 18.3 Å². The van der Waals surface area contributed by atoms with E-state index in [4.69, 9.17) is 4.74 Å². The first kappa shape index (κ1) is 23.3. The fourth-order valence-electron chi connectivity index (χ4n) is 5.18. The Morgan fingerprint density at radius 3 is 2.89 bits per heavy atom. The van der Waals surface area contributed by atoms with Gasteiger partial charge in [0, 0.05) is 66.8 Å². The molecule has 0 amide bonds. The highest BCUT2D eigenvalue weighted by Gasteiger charge is 2.32. The number of alkyl halides is 2. The Kier molecular flexibility index (Phi) is 6.16. The number of halogens is 2. The van der Waals surface area contributed by atoms with Crippen LogP contribution >= 0.6 is 0 Å². The van der Waals surface area contributed by atoms with Crippen molar-refractivity contribution in [1.29, 1.82) is 0 Å². The number of piperazine rings is 1. The van der Waals surface area contributed by atoms with E-state index in [1.54, 1.807) is 40.9 Å². The molecular weight excluding hydrogens is 456 g/mol. The van der Waals surface area contributed by atoms with Crippen molar-refractivity contribution in [3.8, 4) is 5.75 Å². The van der Waals surface area contributed by atoms with Crippen LogP contribution in [0.1, 0.15) is 33.2 Å². The fourth-order valence-corrected chi connectivity index (χ4v) is 5.18. The first-order valence-corrected chi connectivity index (χ1v) is 11.4. The van der Waals surface area contributed by atoms with Crippen molar-refractivity contribution in [3.63, 3.8) is 0 Å². The van der Waals surface area contributed by atoms with E-state index in [1.807, 2.05) is 25.3 Å². The third-order valence-corrected chi connectivity index (χ3v) is 6.82. The molecular formula is C25H27F2N5O3. The van der Waals surface area contributed by atoms with Crippen LogP contribution in [0.3, 0.4) is 0 Å². The fraction of sp³-hybridized carbons (Fsp3) is 0.360. The summed E-state index contributed by atoms with van der Waals surface area (Å²) in [5, 5.41) is 10.6. The molecule has 1 aromatic carbocycles. The molecule has 2 N–H and O–H groups in total. The lowest BCUT2D eigenvalue weighted by Gasteiger charge is -2.42. The van der Waals surface area contributed by atoms with Gasteiger partial charge in [-0.15, -0.1) is 0 Å². The minimum absolute atomic E-state index is 0.0993. The van der Waals surface area contributed by atoms with Crippen LogP contribution < -0.4 is 4.74 Å². The Morgan fingerprint density at radius 2 is 2.14 bits per heavy atom. The zero-order valence-corrected chi connectivity index (χ0v) is 19.5. The average molecular weight is 484 g/mol. The van der Waals surface area contributed by atoms with Gasteiger partial charge in [-0.1, -0.05) is 6.07 Å². The quantitative estimate of drug-likeness (QED) is 0.414. The number of methoxy groups -OCH3 is 1. The summed E-state index contributed by atoms with van der Waals surface area (Å²) in [6.45, 7) is 3.70. The van der Waals surface area contributed by atoms with Gasteiger partial charge in [-0.2, -0.15) is 0 Å². The number of ether oxygens (including phenoxy) is 1. The average Bonchev–Trinajstić information content (AvgIpc) is 3.51. The number of carbonyl (C=O) groups is 1. The molecule has 0 aliphatic carbocycles. The predicted octanol–water partition coefficient (Wildman–Crippen LogP) is 3.95. The zero-order chi connectivity index (χ0) is 24.7. The van der Waals surface area contributed by atoms with Crippen LogP contribution in [0.25, 0.3) is 16.6 Å². The maximum absolute atomic E-state index is 13.3. The van der Waals surface area contributed by atoms with Crippen molar-refractivity contribution in [2.45, 2.75) is 25.9 Å². The lowest BCUT2D eigenvalue weighted by Crippen LogP contribution is -2.49. The summed E-state index contributed by atoms with van der Waals surface area (Å²) in [4.78, 5) is 23.4. The number of hydrogen-bond donors (Lipinski definition) is 2. The summed E-state index contributed by atoms with van der Waals surface area (Å²) in [5.74, 6) is -0.283. The van der Waals surface area contributed by atoms with Crippen molar-refractivity contribution < 1.29 is 23.4 Å². The number of H-pyrrole nitrogens is 1. The summed E-state index contributed by atoms with van der Waals surface area (Å²) in [6.07, 6.45) is 2.64. The number of aromatic carboxylic acids is 1. The van der Waals surface area contributed by atoms with E-state index in [0.717, 1.165) is 33.3 Å². The number of imidazole rings is 1. The van der Waals surface area contributed by atoms with Crippen LogP contribution in [-0.4, -0.2) is 75.0 Å². The van der Waals surface area contributed by atoms with Crippen LogP contribution in [0.2, 0.25) is 0 Å². The SMILES string of the molecule is COc1cc(C)c2[nH]ccc2c1CN1CCN(CC(F)F)CC1c1ccc(C(=O)O)n2ccnc12. The number of hydrogen-bond acceptors (Lipinski definition) is 5. The van der Waals surface area contributed by atoms with E-state index in [2.05, 4.69) is 14.9 Å². The lowest BCUT2D eigenvalue weighted by molar-refractivity contribution is 0.0248. The molecule has 8 nitrogen and oxygen atoms in total. The van der Waals surface area contributed by atoms with Crippen LogP contribution in [0, 0.1) is 6.92 Å². The van der Waals surface area contributed by atoms with Crippen LogP contribution in [0.15, 0.2) is 42.9 Å². The molecule has 35 heavy (non-hydrogen) atoms. The highest BCUT2D eigenvalue weighted by Crippen LogP contribution is 2.36. The van der Waals surface area contributed by atoms with Gasteiger partial charge in [-0.05, 0) is 30.7 Å². The van der Waals surface area contributed by atoms with Crippen molar-refractivity contribution in [2.24, 2.45) is 0 Å². The molecule has 3 aromatic heterocycles. The molecule has 0 spiro atoms. The Hall–Kier alpha value is -3.50. The molecule has 0 bridgehead atoms. The molecule has 1 fully saturated rings. The largest absolute Gasteiger partial charge is 0.496 e. The summed E-state index contributed by atoms with van der Waals surface area (Å²) in [6, 6.07) is 7.07. The van der Waals surface area contributed by atoms with Gasteiger partial charge in [0.1, 0.15) is 17.1 Å². The van der Waals surface area contributed by atoms with Crippen molar-refractivity contribution in [3.05, 3.63) is 65.2 Å². The topological polar surface area (TPSA) is 86.1 Å². The van der Waals surface area contributed by atoms with E-state index >= 15 is 0 Å². The highest BCUT2D eigenvalue weighted by molar-refractivity contribution is 5.88. The molecule has 4 aromatic rings. The van der Waals surface area contributed by atoms with Crippen molar-refractivity contribution >= 4 is 22.5 Å². The number of carboxylic acids is 1. The third-order valence-electron chi connectivity index (χ3n) is 6.82. The second kappa shape index (κ2) is 9.27. The van der Waals surface area contributed by atoms with E-state index in [0.29, 0.717) is 31.8 Å². The number of fused-ring (bicyclic) bond motifs is 2. The highest BCUT2D eigenvalue weighted by atomic mass is 19.3. The van der Waals surface area contributed by atoms with Gasteiger partial charge in [-0.25, -0.2) is 18.6 Å². The molecule has 4 heterocycles. The molecule has 1 aliphatic rings. The Balaban J connectivity index is 1.58. The minimum atomic E-state index is -2.43. The monoisotopic (exact) mass is 483 g/mol. The number of aromatic nitrogens is 3.